The smallest absolute Gasteiger partial charge is 0.160 e. The molecule has 2 unspecified atom stereocenters. The molecule has 0 spiro atoms. The second-order valence-electron chi connectivity index (χ2n) is 5.12. The average Bonchev–Trinajstić information content (AvgIpc) is 2.43. The van der Waals surface area contributed by atoms with E-state index in [4.69, 9.17) is 23.2 Å². The van der Waals surface area contributed by atoms with Crippen molar-refractivity contribution in [2.45, 2.75) is 26.3 Å². The van der Waals surface area contributed by atoms with Gasteiger partial charge in [-0.25, -0.2) is 4.39 Å². The van der Waals surface area contributed by atoms with Gasteiger partial charge < -0.3 is 10.2 Å². The van der Waals surface area contributed by atoms with Crippen molar-refractivity contribution in [3.8, 4) is 0 Å². The van der Waals surface area contributed by atoms with E-state index in [9.17, 15) is 4.39 Å². The number of benzene rings is 1. The Kier molecular flexibility index (Phi) is 4.93. The average molecular weight is 305 g/mol. The lowest BCUT2D eigenvalue weighted by atomic mass is 9.97. The lowest BCUT2D eigenvalue weighted by Crippen LogP contribution is -2.53. The van der Waals surface area contributed by atoms with Crippen LogP contribution in [0.15, 0.2) is 12.1 Å². The summed E-state index contributed by atoms with van der Waals surface area (Å²) >= 11 is 11.7. The van der Waals surface area contributed by atoms with Crippen molar-refractivity contribution in [2.75, 3.05) is 24.5 Å². The Hall–Kier alpha value is -0.510. The molecule has 1 aliphatic heterocycles. The van der Waals surface area contributed by atoms with Gasteiger partial charge in [0.15, 0.2) is 5.82 Å². The van der Waals surface area contributed by atoms with E-state index in [1.54, 1.807) is 12.1 Å². The molecule has 1 fully saturated rings. The molecular weight excluding hydrogens is 286 g/mol. The predicted molar refractivity (Wildman–Crippen MR) is 79.9 cm³/mol. The summed E-state index contributed by atoms with van der Waals surface area (Å²) < 4.78 is 13.4. The van der Waals surface area contributed by atoms with Gasteiger partial charge in [0.05, 0.1) is 10.0 Å². The third kappa shape index (κ3) is 3.33. The quantitative estimate of drug-likeness (QED) is 0.851. The second kappa shape index (κ2) is 6.29. The van der Waals surface area contributed by atoms with E-state index >= 15 is 0 Å². The van der Waals surface area contributed by atoms with Crippen LogP contribution in [0.4, 0.5) is 10.1 Å². The fourth-order valence-corrected chi connectivity index (χ4v) is 2.88. The molecule has 1 N–H and O–H groups in total. The van der Waals surface area contributed by atoms with Crippen LogP contribution in [0.1, 0.15) is 20.3 Å². The Balaban J connectivity index is 2.17. The number of piperazine rings is 1. The van der Waals surface area contributed by atoms with E-state index in [1.807, 2.05) is 0 Å². The summed E-state index contributed by atoms with van der Waals surface area (Å²) in [5.74, 6) is 0.0647. The van der Waals surface area contributed by atoms with Crippen molar-refractivity contribution in [1.82, 2.24) is 5.32 Å². The number of hydrogen-bond acceptors (Lipinski definition) is 2. The van der Waals surface area contributed by atoms with E-state index in [0.717, 1.165) is 31.7 Å². The second-order valence-corrected chi connectivity index (χ2v) is 5.93. The van der Waals surface area contributed by atoms with Gasteiger partial charge in [-0.3, -0.25) is 0 Å². The molecule has 1 aliphatic rings. The van der Waals surface area contributed by atoms with Crippen LogP contribution in [-0.4, -0.2) is 25.7 Å². The number of hydrogen-bond donors (Lipinski definition) is 1. The normalized spacial score (nSPS) is 21.5. The summed E-state index contributed by atoms with van der Waals surface area (Å²) in [7, 11) is 0. The molecule has 1 saturated heterocycles. The van der Waals surface area contributed by atoms with E-state index in [2.05, 4.69) is 24.1 Å². The molecule has 19 heavy (non-hydrogen) atoms. The van der Waals surface area contributed by atoms with Gasteiger partial charge in [-0.2, -0.15) is 0 Å². The molecular formula is C14H19Cl2FN2. The van der Waals surface area contributed by atoms with Crippen molar-refractivity contribution in [1.29, 1.82) is 0 Å². The van der Waals surface area contributed by atoms with E-state index in [0.29, 0.717) is 12.0 Å². The van der Waals surface area contributed by atoms with Crippen LogP contribution in [0.2, 0.25) is 10.0 Å². The molecule has 5 heteroatoms. The third-order valence-electron chi connectivity index (χ3n) is 3.87. The first-order chi connectivity index (χ1) is 9.02. The molecule has 1 heterocycles. The summed E-state index contributed by atoms with van der Waals surface area (Å²) in [4.78, 5) is 2.21. The van der Waals surface area contributed by atoms with Crippen LogP contribution in [-0.2, 0) is 0 Å². The van der Waals surface area contributed by atoms with Gasteiger partial charge in [0.2, 0.25) is 0 Å². The molecule has 0 aromatic heterocycles. The zero-order chi connectivity index (χ0) is 14.0. The maximum absolute atomic E-state index is 13.4. The lowest BCUT2D eigenvalue weighted by Gasteiger charge is -2.38. The summed E-state index contributed by atoms with van der Waals surface area (Å²) in [5.41, 5.74) is 0.895. The van der Waals surface area contributed by atoms with Crippen LogP contribution >= 0.6 is 23.2 Å². The van der Waals surface area contributed by atoms with Crippen molar-refractivity contribution >= 4 is 28.9 Å². The Morgan fingerprint density at radius 1 is 1.42 bits per heavy atom. The molecule has 1 aromatic rings. The minimum absolute atomic E-state index is 0.0844. The standard InChI is InChI=1S/C14H19Cl2FN2/c1-3-9(2)13-8-19(5-4-18-13)10-6-11(15)14(17)12(16)7-10/h6-7,9,13,18H,3-5,8H2,1-2H3. The molecule has 2 nitrogen and oxygen atoms in total. The largest absolute Gasteiger partial charge is 0.369 e. The lowest BCUT2D eigenvalue weighted by molar-refractivity contribution is 0.342. The summed E-state index contributed by atoms with van der Waals surface area (Å²) in [6.45, 7) is 7.13. The monoisotopic (exact) mass is 304 g/mol. The minimum Gasteiger partial charge on any atom is -0.369 e. The van der Waals surface area contributed by atoms with Gasteiger partial charge in [0, 0.05) is 31.4 Å². The number of nitrogens with zero attached hydrogens (tertiary/aromatic N) is 1. The van der Waals surface area contributed by atoms with Gasteiger partial charge in [-0.1, -0.05) is 43.5 Å². The highest BCUT2D eigenvalue weighted by atomic mass is 35.5. The summed E-state index contributed by atoms with van der Waals surface area (Å²) in [6, 6.07) is 3.75. The van der Waals surface area contributed by atoms with Gasteiger partial charge in [-0.05, 0) is 18.1 Å². The van der Waals surface area contributed by atoms with Crippen LogP contribution in [0.25, 0.3) is 0 Å². The number of halogens is 3. The topological polar surface area (TPSA) is 15.3 Å². The first-order valence-corrected chi connectivity index (χ1v) is 7.41. The van der Waals surface area contributed by atoms with Crippen LogP contribution in [0.5, 0.6) is 0 Å². The molecule has 0 amide bonds. The third-order valence-corrected chi connectivity index (χ3v) is 4.42. The highest BCUT2D eigenvalue weighted by Crippen LogP contribution is 2.30. The van der Waals surface area contributed by atoms with E-state index in [1.165, 1.54) is 0 Å². The summed E-state index contributed by atoms with van der Waals surface area (Å²) in [6.07, 6.45) is 1.14. The maximum Gasteiger partial charge on any atom is 0.160 e. The molecule has 106 valence electrons. The van der Waals surface area contributed by atoms with Gasteiger partial charge in [0.1, 0.15) is 0 Å². The van der Waals surface area contributed by atoms with Gasteiger partial charge >= 0.3 is 0 Å². The first-order valence-electron chi connectivity index (χ1n) is 6.65. The van der Waals surface area contributed by atoms with E-state index in [-0.39, 0.29) is 10.0 Å². The van der Waals surface area contributed by atoms with Crippen LogP contribution < -0.4 is 10.2 Å². The Labute approximate surface area is 123 Å². The van der Waals surface area contributed by atoms with Crippen molar-refractivity contribution in [2.24, 2.45) is 5.92 Å². The fraction of sp³-hybridized carbons (Fsp3) is 0.571. The Bertz CT molecular complexity index is 430. The maximum atomic E-state index is 13.4. The zero-order valence-corrected chi connectivity index (χ0v) is 12.7. The molecule has 2 atom stereocenters. The highest BCUT2D eigenvalue weighted by molar-refractivity contribution is 6.35. The predicted octanol–water partition coefficient (Wildman–Crippen LogP) is 3.96. The summed E-state index contributed by atoms with van der Waals surface area (Å²) in [5, 5.41) is 3.70. The molecule has 1 aromatic carbocycles. The number of anilines is 1. The minimum atomic E-state index is -0.541. The molecule has 0 bridgehead atoms. The molecule has 0 aliphatic carbocycles. The zero-order valence-electron chi connectivity index (χ0n) is 11.2. The molecule has 0 saturated carbocycles. The fourth-order valence-electron chi connectivity index (χ4n) is 2.40. The SMILES string of the molecule is CCC(C)C1CN(c2cc(Cl)c(F)c(Cl)c2)CCN1. The highest BCUT2D eigenvalue weighted by Gasteiger charge is 2.24. The van der Waals surface area contributed by atoms with Gasteiger partial charge in [0.25, 0.3) is 0 Å². The van der Waals surface area contributed by atoms with E-state index < -0.39 is 5.82 Å². The van der Waals surface area contributed by atoms with Crippen molar-refractivity contribution in [3.05, 3.63) is 28.0 Å². The van der Waals surface area contributed by atoms with Crippen LogP contribution in [0, 0.1) is 11.7 Å². The Morgan fingerprint density at radius 2 is 2.05 bits per heavy atom. The molecule has 0 radical (unpaired) electrons. The van der Waals surface area contributed by atoms with Crippen molar-refractivity contribution in [3.63, 3.8) is 0 Å². The van der Waals surface area contributed by atoms with Crippen molar-refractivity contribution < 1.29 is 4.39 Å². The Morgan fingerprint density at radius 3 is 2.63 bits per heavy atom. The van der Waals surface area contributed by atoms with Crippen LogP contribution in [0.3, 0.4) is 0 Å². The first kappa shape index (κ1) is 14.9. The molecule has 2 rings (SSSR count). The number of rotatable bonds is 3. The van der Waals surface area contributed by atoms with Gasteiger partial charge in [-0.15, -0.1) is 0 Å². The number of nitrogens with one attached hydrogen (secondary N) is 1.